The lowest BCUT2D eigenvalue weighted by atomic mass is 10.1. The normalized spacial score (nSPS) is 12.0. The molecule has 0 aliphatic heterocycles. The monoisotopic (exact) mass is 470 g/mol. The van der Waals surface area contributed by atoms with Gasteiger partial charge in [0.2, 0.25) is 0 Å². The van der Waals surface area contributed by atoms with Crippen LogP contribution >= 0.6 is 0 Å². The number of anilines is 1. The molecule has 0 saturated carbocycles. The van der Waals surface area contributed by atoms with Gasteiger partial charge in [0.25, 0.3) is 11.8 Å². The quantitative estimate of drug-likeness (QED) is 0.245. The molecule has 180 valence electrons. The molecular formula is C28H30N4O3. The molecule has 7 nitrogen and oxygen atoms in total. The highest BCUT2D eigenvalue weighted by Crippen LogP contribution is 2.16. The fourth-order valence-electron chi connectivity index (χ4n) is 3.30. The van der Waals surface area contributed by atoms with Gasteiger partial charge in [0, 0.05) is 24.3 Å². The van der Waals surface area contributed by atoms with E-state index in [1.54, 1.807) is 61.7 Å². The molecule has 2 aromatic carbocycles. The van der Waals surface area contributed by atoms with Crippen molar-refractivity contribution in [1.29, 1.82) is 0 Å². The third-order valence-corrected chi connectivity index (χ3v) is 5.23. The Balaban J connectivity index is 1.80. The Morgan fingerprint density at radius 3 is 2.31 bits per heavy atom. The van der Waals surface area contributed by atoms with Gasteiger partial charge in [0.05, 0.1) is 12.0 Å². The highest BCUT2D eigenvalue weighted by molar-refractivity contribution is 6.06. The summed E-state index contributed by atoms with van der Waals surface area (Å²) in [5.74, 6) is -0.243. The zero-order valence-electron chi connectivity index (χ0n) is 20.2. The van der Waals surface area contributed by atoms with Gasteiger partial charge in [-0.05, 0) is 81.0 Å². The molecule has 0 spiro atoms. The minimum absolute atomic E-state index is 0.0843. The summed E-state index contributed by atoms with van der Waals surface area (Å²) in [6.07, 6.45) is 6.67. The Morgan fingerprint density at radius 1 is 0.971 bits per heavy atom. The van der Waals surface area contributed by atoms with E-state index in [1.807, 2.05) is 36.4 Å². The van der Waals surface area contributed by atoms with E-state index < -0.39 is 5.91 Å². The molecule has 0 radical (unpaired) electrons. The van der Waals surface area contributed by atoms with Gasteiger partial charge in [0.1, 0.15) is 11.5 Å². The van der Waals surface area contributed by atoms with Crippen LogP contribution in [0.1, 0.15) is 42.5 Å². The molecule has 0 bridgehead atoms. The summed E-state index contributed by atoms with van der Waals surface area (Å²) in [7, 11) is 0. The van der Waals surface area contributed by atoms with Crippen molar-refractivity contribution in [3.63, 3.8) is 0 Å². The molecule has 0 unspecified atom stereocenters. The van der Waals surface area contributed by atoms with Crippen LogP contribution in [0.15, 0.2) is 94.3 Å². The topological polar surface area (TPSA) is 86.9 Å². The lowest BCUT2D eigenvalue weighted by molar-refractivity contribution is -0.117. The third-order valence-electron chi connectivity index (χ3n) is 5.23. The molecular weight excluding hydrogens is 440 g/mol. The Bertz CT molecular complexity index is 1190. The van der Waals surface area contributed by atoms with Crippen molar-refractivity contribution in [2.24, 2.45) is 5.10 Å². The number of benzene rings is 2. The van der Waals surface area contributed by atoms with E-state index in [0.29, 0.717) is 17.0 Å². The average molecular weight is 471 g/mol. The van der Waals surface area contributed by atoms with Gasteiger partial charge >= 0.3 is 0 Å². The second-order valence-electron chi connectivity index (χ2n) is 7.68. The summed E-state index contributed by atoms with van der Waals surface area (Å²) in [6.45, 7) is 7.75. The summed E-state index contributed by atoms with van der Waals surface area (Å²) in [4.78, 5) is 27.9. The average Bonchev–Trinajstić information content (AvgIpc) is 3.41. The van der Waals surface area contributed by atoms with Gasteiger partial charge in [-0.25, -0.2) is 5.43 Å². The van der Waals surface area contributed by atoms with Gasteiger partial charge < -0.3 is 14.6 Å². The smallest absolute Gasteiger partial charge is 0.287 e. The molecule has 2 N–H and O–H groups in total. The van der Waals surface area contributed by atoms with E-state index in [-0.39, 0.29) is 11.6 Å². The number of hydrogen-bond donors (Lipinski definition) is 2. The van der Waals surface area contributed by atoms with Crippen LogP contribution in [0.2, 0.25) is 0 Å². The van der Waals surface area contributed by atoms with Crippen molar-refractivity contribution < 1.29 is 14.0 Å². The number of hydrogen-bond acceptors (Lipinski definition) is 5. The maximum atomic E-state index is 13.0. The van der Waals surface area contributed by atoms with E-state index in [0.717, 1.165) is 24.3 Å². The van der Waals surface area contributed by atoms with Crippen LogP contribution in [0.25, 0.3) is 12.2 Å². The molecule has 0 saturated heterocycles. The van der Waals surface area contributed by atoms with E-state index >= 15 is 0 Å². The molecule has 3 aromatic rings. The van der Waals surface area contributed by atoms with Gasteiger partial charge in [-0.2, -0.15) is 5.10 Å². The molecule has 0 atom stereocenters. The zero-order chi connectivity index (χ0) is 25.0. The summed E-state index contributed by atoms with van der Waals surface area (Å²) in [5, 5.41) is 6.83. The van der Waals surface area contributed by atoms with Crippen LogP contribution in [-0.4, -0.2) is 30.6 Å². The summed E-state index contributed by atoms with van der Waals surface area (Å²) < 4.78 is 5.25. The Labute approximate surface area is 205 Å². The molecule has 0 aliphatic carbocycles. The number of nitrogens with one attached hydrogen (secondary N) is 2. The lowest BCUT2D eigenvalue weighted by Gasteiger charge is -2.21. The first-order valence-corrected chi connectivity index (χ1v) is 11.5. The van der Waals surface area contributed by atoms with Gasteiger partial charge in [0.15, 0.2) is 0 Å². The largest absolute Gasteiger partial charge is 0.465 e. The predicted molar refractivity (Wildman–Crippen MR) is 141 cm³/mol. The minimum Gasteiger partial charge on any atom is -0.465 e. The molecule has 35 heavy (non-hydrogen) atoms. The van der Waals surface area contributed by atoms with Crippen LogP contribution in [-0.2, 0) is 4.79 Å². The first-order chi connectivity index (χ1) is 17.0. The summed E-state index contributed by atoms with van der Waals surface area (Å²) >= 11 is 0. The van der Waals surface area contributed by atoms with Crippen LogP contribution in [0.4, 0.5) is 5.69 Å². The van der Waals surface area contributed by atoms with Crippen molar-refractivity contribution in [2.75, 3.05) is 18.0 Å². The summed E-state index contributed by atoms with van der Waals surface area (Å²) in [5.41, 5.74) is 5.48. The minimum atomic E-state index is -0.534. The fraction of sp³-hybridized carbons (Fsp3) is 0.179. The molecule has 0 aliphatic rings. The number of carbonyl (C=O) groups is 2. The van der Waals surface area contributed by atoms with Crippen molar-refractivity contribution in [3.8, 4) is 0 Å². The molecule has 7 heteroatoms. The van der Waals surface area contributed by atoms with Crippen molar-refractivity contribution in [2.45, 2.75) is 20.8 Å². The molecule has 3 rings (SSSR count). The van der Waals surface area contributed by atoms with E-state index in [9.17, 15) is 9.59 Å². The molecule has 1 heterocycles. The molecule has 0 fully saturated rings. The van der Waals surface area contributed by atoms with Gasteiger partial charge in [-0.1, -0.05) is 30.3 Å². The number of allylic oxidation sites excluding steroid dienone is 1. The first kappa shape index (κ1) is 25.2. The highest BCUT2D eigenvalue weighted by atomic mass is 16.3. The number of furan rings is 1. The number of nitrogens with zero attached hydrogens (tertiary/aromatic N) is 2. The number of rotatable bonds is 10. The predicted octanol–water partition coefficient (Wildman–Crippen LogP) is 5.10. The van der Waals surface area contributed by atoms with Crippen LogP contribution in [0.3, 0.4) is 0 Å². The Morgan fingerprint density at radius 2 is 1.69 bits per heavy atom. The van der Waals surface area contributed by atoms with Crippen molar-refractivity contribution in [3.05, 3.63) is 102 Å². The third kappa shape index (κ3) is 7.57. The Hall–Kier alpha value is -4.39. The Kier molecular flexibility index (Phi) is 9.19. The second kappa shape index (κ2) is 12.7. The van der Waals surface area contributed by atoms with Gasteiger partial charge in [-0.15, -0.1) is 0 Å². The lowest BCUT2D eigenvalue weighted by Crippen LogP contribution is -2.33. The number of hydrazone groups is 1. The SMILES string of the molecule is CCN(CC)c1ccc(C=C(NC(=O)c2ccccc2)C(=O)NN=C(C)C=Cc2ccco2)cc1. The van der Waals surface area contributed by atoms with Crippen LogP contribution in [0.5, 0.6) is 0 Å². The van der Waals surface area contributed by atoms with E-state index in [4.69, 9.17) is 4.42 Å². The van der Waals surface area contributed by atoms with E-state index in [2.05, 4.69) is 34.6 Å². The second-order valence-corrected chi connectivity index (χ2v) is 7.68. The fourth-order valence-corrected chi connectivity index (χ4v) is 3.30. The highest BCUT2D eigenvalue weighted by Gasteiger charge is 2.14. The van der Waals surface area contributed by atoms with E-state index in [1.165, 1.54) is 0 Å². The number of amides is 2. The maximum absolute atomic E-state index is 13.0. The zero-order valence-corrected chi connectivity index (χ0v) is 20.2. The number of carbonyl (C=O) groups excluding carboxylic acids is 2. The standard InChI is InChI=1S/C28H30N4O3/c1-4-32(5-2)24-16-14-22(15-17-24)20-26(29-27(33)23-10-7-6-8-11-23)28(34)31-30-21(3)13-18-25-12-9-19-35-25/h6-20H,4-5H2,1-3H3,(H,29,33)(H,31,34). The maximum Gasteiger partial charge on any atom is 0.287 e. The molecule has 2 amide bonds. The van der Waals surface area contributed by atoms with Gasteiger partial charge in [-0.3, -0.25) is 9.59 Å². The van der Waals surface area contributed by atoms with Crippen LogP contribution < -0.4 is 15.6 Å². The van der Waals surface area contributed by atoms with Crippen molar-refractivity contribution >= 4 is 35.4 Å². The summed E-state index contributed by atoms with van der Waals surface area (Å²) in [6, 6.07) is 20.1. The molecule has 1 aromatic heterocycles. The van der Waals surface area contributed by atoms with Crippen molar-refractivity contribution in [1.82, 2.24) is 10.7 Å². The van der Waals surface area contributed by atoms with Crippen LogP contribution in [0, 0.1) is 0 Å². The first-order valence-electron chi connectivity index (χ1n) is 11.5.